The van der Waals surface area contributed by atoms with Gasteiger partial charge in [0.1, 0.15) is 0 Å². The molecule has 0 bridgehead atoms. The third-order valence-electron chi connectivity index (χ3n) is 4.83. The molecule has 1 heterocycles. The average Bonchev–Trinajstić information content (AvgIpc) is 2.55. The van der Waals surface area contributed by atoms with E-state index in [0.29, 0.717) is 6.04 Å². The van der Waals surface area contributed by atoms with E-state index in [9.17, 15) is 0 Å². The smallest absolute Gasteiger partial charge is 0.191 e. The molecule has 128 valence electrons. The molecule has 0 aliphatic carbocycles. The van der Waals surface area contributed by atoms with Gasteiger partial charge in [-0.2, -0.15) is 0 Å². The van der Waals surface area contributed by atoms with Crippen molar-refractivity contribution in [1.82, 2.24) is 9.80 Å². The van der Waals surface area contributed by atoms with Crippen LogP contribution in [-0.4, -0.2) is 48.5 Å². The van der Waals surface area contributed by atoms with Crippen molar-refractivity contribution < 1.29 is 0 Å². The Hall–Kier alpha value is -1.55. The summed E-state index contributed by atoms with van der Waals surface area (Å²) in [4.78, 5) is 9.23. The summed E-state index contributed by atoms with van der Waals surface area (Å²) in [5, 5.41) is 0. The van der Waals surface area contributed by atoms with Crippen LogP contribution >= 0.6 is 0 Å². The maximum Gasteiger partial charge on any atom is 0.191 e. The molecule has 2 unspecified atom stereocenters. The van der Waals surface area contributed by atoms with Crippen molar-refractivity contribution in [3.63, 3.8) is 0 Å². The van der Waals surface area contributed by atoms with E-state index in [2.05, 4.69) is 66.0 Å². The van der Waals surface area contributed by atoms with Gasteiger partial charge in [0.2, 0.25) is 0 Å². The van der Waals surface area contributed by atoms with Crippen LogP contribution in [0.2, 0.25) is 0 Å². The Labute approximate surface area is 141 Å². The number of nitrogens with zero attached hydrogens (tertiary/aromatic N) is 3. The molecule has 2 N–H and O–H groups in total. The molecular formula is C19H32N4. The molecule has 2 rings (SSSR count). The van der Waals surface area contributed by atoms with Gasteiger partial charge in [0.15, 0.2) is 5.96 Å². The lowest BCUT2D eigenvalue weighted by molar-refractivity contribution is 0.239. The summed E-state index contributed by atoms with van der Waals surface area (Å²) in [6.45, 7) is 8.45. The zero-order valence-electron chi connectivity index (χ0n) is 14.9. The molecule has 1 fully saturated rings. The van der Waals surface area contributed by atoms with E-state index >= 15 is 0 Å². The topological polar surface area (TPSA) is 44.9 Å². The molecule has 23 heavy (non-hydrogen) atoms. The van der Waals surface area contributed by atoms with Gasteiger partial charge in [-0.1, -0.05) is 37.3 Å². The number of nitrogens with two attached hydrogens (primary N) is 1. The van der Waals surface area contributed by atoms with Crippen molar-refractivity contribution in [2.45, 2.75) is 45.7 Å². The van der Waals surface area contributed by atoms with Crippen LogP contribution in [-0.2, 0) is 6.54 Å². The lowest BCUT2D eigenvalue weighted by Gasteiger charge is -2.31. The van der Waals surface area contributed by atoms with Crippen LogP contribution in [0.1, 0.15) is 38.7 Å². The van der Waals surface area contributed by atoms with Gasteiger partial charge < -0.3 is 10.6 Å². The van der Waals surface area contributed by atoms with Crippen molar-refractivity contribution in [1.29, 1.82) is 0 Å². The van der Waals surface area contributed by atoms with Gasteiger partial charge in [-0.25, -0.2) is 0 Å². The van der Waals surface area contributed by atoms with Crippen LogP contribution in [0.3, 0.4) is 0 Å². The third kappa shape index (κ3) is 5.87. The number of hydrogen-bond acceptors (Lipinski definition) is 2. The SMILES string of the molecule is CC1CCCN(C(N)=NCCC(C)N(C)Cc2ccccc2)C1. The number of rotatable bonds is 6. The molecule has 4 nitrogen and oxygen atoms in total. The second-order valence-electron chi connectivity index (χ2n) is 6.97. The van der Waals surface area contributed by atoms with Gasteiger partial charge in [-0.3, -0.25) is 9.89 Å². The lowest BCUT2D eigenvalue weighted by Crippen LogP contribution is -2.43. The van der Waals surface area contributed by atoms with Crippen LogP contribution in [0, 0.1) is 5.92 Å². The highest BCUT2D eigenvalue weighted by atomic mass is 15.3. The van der Waals surface area contributed by atoms with Gasteiger partial charge in [0.25, 0.3) is 0 Å². The first-order valence-electron chi connectivity index (χ1n) is 8.85. The lowest BCUT2D eigenvalue weighted by atomic mass is 10.0. The molecule has 0 amide bonds. The molecule has 1 aliphatic heterocycles. The first-order chi connectivity index (χ1) is 11.1. The molecule has 1 aromatic rings. The Morgan fingerprint density at radius 2 is 2.13 bits per heavy atom. The normalized spacial score (nSPS) is 20.8. The van der Waals surface area contributed by atoms with E-state index in [1.807, 2.05) is 0 Å². The molecule has 1 aromatic carbocycles. The minimum Gasteiger partial charge on any atom is -0.370 e. The Balaban J connectivity index is 1.74. The number of hydrogen-bond donors (Lipinski definition) is 1. The van der Waals surface area contributed by atoms with Crippen LogP contribution in [0.4, 0.5) is 0 Å². The quantitative estimate of drug-likeness (QED) is 0.648. The monoisotopic (exact) mass is 316 g/mol. The molecule has 0 spiro atoms. The van der Waals surface area contributed by atoms with Gasteiger partial charge >= 0.3 is 0 Å². The van der Waals surface area contributed by atoms with E-state index in [1.54, 1.807) is 0 Å². The largest absolute Gasteiger partial charge is 0.370 e. The summed E-state index contributed by atoms with van der Waals surface area (Å²) in [5.74, 6) is 1.46. The predicted octanol–water partition coefficient (Wildman–Crippen LogP) is 2.94. The first-order valence-corrected chi connectivity index (χ1v) is 8.85. The summed E-state index contributed by atoms with van der Waals surface area (Å²) in [6.07, 6.45) is 3.58. The van der Waals surface area contributed by atoms with Gasteiger partial charge in [0.05, 0.1) is 0 Å². The Morgan fingerprint density at radius 3 is 2.83 bits per heavy atom. The molecule has 0 radical (unpaired) electrons. The molecule has 1 aliphatic rings. The molecule has 0 aromatic heterocycles. The highest BCUT2D eigenvalue weighted by Crippen LogP contribution is 2.15. The fourth-order valence-electron chi connectivity index (χ4n) is 3.11. The Kier molecular flexibility index (Phi) is 6.90. The number of likely N-dealkylation sites (tertiary alicyclic amines) is 1. The standard InChI is InChI=1S/C19H32N4/c1-16-8-7-13-23(14-16)19(20)21-12-11-17(2)22(3)15-18-9-5-4-6-10-18/h4-6,9-10,16-17H,7-8,11-15H2,1-3H3,(H2,20,21). The molecule has 0 saturated carbocycles. The second kappa shape index (κ2) is 8.92. The summed E-state index contributed by atoms with van der Waals surface area (Å²) >= 11 is 0. The van der Waals surface area contributed by atoms with Gasteiger partial charge in [0, 0.05) is 32.2 Å². The van der Waals surface area contributed by atoms with Crippen LogP contribution in [0.25, 0.3) is 0 Å². The Morgan fingerprint density at radius 1 is 1.39 bits per heavy atom. The summed E-state index contributed by atoms with van der Waals surface area (Å²) in [5.41, 5.74) is 7.51. The molecule has 1 saturated heterocycles. The van der Waals surface area contributed by atoms with Crippen LogP contribution in [0.5, 0.6) is 0 Å². The van der Waals surface area contributed by atoms with Crippen LogP contribution in [0.15, 0.2) is 35.3 Å². The van der Waals surface area contributed by atoms with Crippen molar-refractivity contribution in [2.75, 3.05) is 26.7 Å². The number of aliphatic imine (C=N–C) groups is 1. The zero-order chi connectivity index (χ0) is 16.7. The fourth-order valence-corrected chi connectivity index (χ4v) is 3.11. The van der Waals surface area contributed by atoms with Crippen molar-refractivity contribution in [2.24, 2.45) is 16.6 Å². The second-order valence-corrected chi connectivity index (χ2v) is 6.97. The number of piperidine rings is 1. The zero-order valence-corrected chi connectivity index (χ0v) is 14.9. The first kappa shape index (κ1) is 17.8. The minimum atomic E-state index is 0.493. The average molecular weight is 316 g/mol. The summed E-state index contributed by atoms with van der Waals surface area (Å²) < 4.78 is 0. The maximum absolute atomic E-state index is 6.16. The fraction of sp³-hybridized carbons (Fsp3) is 0.632. The molecular weight excluding hydrogens is 284 g/mol. The highest BCUT2D eigenvalue weighted by molar-refractivity contribution is 5.78. The Bertz CT molecular complexity index is 485. The predicted molar refractivity (Wildman–Crippen MR) is 98.4 cm³/mol. The maximum atomic E-state index is 6.16. The summed E-state index contributed by atoms with van der Waals surface area (Å²) in [6, 6.07) is 11.1. The van der Waals surface area contributed by atoms with E-state index in [0.717, 1.165) is 44.5 Å². The van der Waals surface area contributed by atoms with Crippen molar-refractivity contribution in [3.8, 4) is 0 Å². The van der Waals surface area contributed by atoms with Crippen LogP contribution < -0.4 is 5.73 Å². The highest BCUT2D eigenvalue weighted by Gasteiger charge is 2.17. The number of guanidine groups is 1. The molecule has 2 atom stereocenters. The van der Waals surface area contributed by atoms with E-state index < -0.39 is 0 Å². The van der Waals surface area contributed by atoms with E-state index in [4.69, 9.17) is 5.73 Å². The van der Waals surface area contributed by atoms with Crippen molar-refractivity contribution >= 4 is 5.96 Å². The van der Waals surface area contributed by atoms with E-state index in [1.165, 1.54) is 18.4 Å². The van der Waals surface area contributed by atoms with E-state index in [-0.39, 0.29) is 0 Å². The van der Waals surface area contributed by atoms with Gasteiger partial charge in [-0.15, -0.1) is 0 Å². The minimum absolute atomic E-state index is 0.493. The van der Waals surface area contributed by atoms with Gasteiger partial charge in [-0.05, 0) is 44.7 Å². The number of benzene rings is 1. The third-order valence-corrected chi connectivity index (χ3v) is 4.83. The summed E-state index contributed by atoms with van der Waals surface area (Å²) in [7, 11) is 2.18. The molecule has 4 heteroatoms. The van der Waals surface area contributed by atoms with Crippen molar-refractivity contribution in [3.05, 3.63) is 35.9 Å².